The van der Waals surface area contributed by atoms with E-state index >= 15 is 0 Å². The molecule has 5 nitrogen and oxygen atoms in total. The maximum atomic E-state index is 11.1. The second kappa shape index (κ2) is 3.02. The van der Waals surface area contributed by atoms with Crippen LogP contribution in [-0.2, 0) is 4.79 Å². The highest BCUT2D eigenvalue weighted by atomic mass is 16.4. The Bertz CT molecular complexity index is 403. The van der Waals surface area contributed by atoms with Crippen LogP contribution in [0.15, 0.2) is 24.3 Å². The third-order valence-corrected chi connectivity index (χ3v) is 2.04. The Morgan fingerprint density at radius 3 is 2.79 bits per heavy atom. The number of anilines is 1. The average molecular weight is 192 g/mol. The van der Waals surface area contributed by atoms with Gasteiger partial charge in [0.1, 0.15) is 0 Å². The number of carboxylic acid groups (broad SMARTS) is 1. The summed E-state index contributed by atoms with van der Waals surface area (Å²) in [7, 11) is 0. The number of urea groups is 1. The molecule has 2 amide bonds. The summed E-state index contributed by atoms with van der Waals surface area (Å²) in [5.41, 5.74) is 1.11. The molecule has 5 heteroatoms. The number of carboxylic acids is 1. The van der Waals surface area contributed by atoms with Crippen LogP contribution in [-0.4, -0.2) is 17.1 Å². The summed E-state index contributed by atoms with van der Waals surface area (Å²) in [5.74, 6) is -1.06. The summed E-state index contributed by atoms with van der Waals surface area (Å²) >= 11 is 0. The quantitative estimate of drug-likeness (QED) is 0.619. The van der Waals surface area contributed by atoms with Gasteiger partial charge in [0.25, 0.3) is 0 Å². The third kappa shape index (κ3) is 1.28. The number of hydrogen-bond donors (Lipinski definition) is 3. The fourth-order valence-corrected chi connectivity index (χ4v) is 1.42. The smallest absolute Gasteiger partial charge is 0.331 e. The van der Waals surface area contributed by atoms with E-state index in [0.29, 0.717) is 11.3 Å². The summed E-state index contributed by atoms with van der Waals surface area (Å²) in [5, 5.41) is 13.7. The van der Waals surface area contributed by atoms with Gasteiger partial charge in [0.2, 0.25) is 0 Å². The highest BCUT2D eigenvalue weighted by molar-refractivity contribution is 5.97. The Labute approximate surface area is 79.7 Å². The lowest BCUT2D eigenvalue weighted by Gasteiger charge is -2.23. The van der Waals surface area contributed by atoms with Crippen LogP contribution in [0.4, 0.5) is 10.5 Å². The lowest BCUT2D eigenvalue weighted by Crippen LogP contribution is -2.41. The van der Waals surface area contributed by atoms with Crippen molar-refractivity contribution in [2.45, 2.75) is 6.04 Å². The number of rotatable bonds is 1. The van der Waals surface area contributed by atoms with Crippen molar-refractivity contribution in [3.63, 3.8) is 0 Å². The summed E-state index contributed by atoms with van der Waals surface area (Å²) in [6, 6.07) is 5.36. The first kappa shape index (κ1) is 8.55. The van der Waals surface area contributed by atoms with Crippen LogP contribution in [0, 0.1) is 0 Å². The number of amides is 2. The molecule has 0 aromatic heterocycles. The number of aliphatic carboxylic acids is 1. The van der Waals surface area contributed by atoms with Crippen molar-refractivity contribution in [2.75, 3.05) is 5.32 Å². The number of carbonyl (C=O) groups excluding carboxylic acids is 1. The number of nitrogens with one attached hydrogen (secondary N) is 2. The molecule has 14 heavy (non-hydrogen) atoms. The first-order valence-corrected chi connectivity index (χ1v) is 4.08. The minimum absolute atomic E-state index is 0.490. The minimum Gasteiger partial charge on any atom is -0.479 e. The van der Waals surface area contributed by atoms with Gasteiger partial charge in [-0.2, -0.15) is 0 Å². The Morgan fingerprint density at radius 2 is 2.07 bits per heavy atom. The molecule has 1 aliphatic rings. The zero-order valence-corrected chi connectivity index (χ0v) is 7.15. The van der Waals surface area contributed by atoms with Gasteiger partial charge >= 0.3 is 12.0 Å². The van der Waals surface area contributed by atoms with Gasteiger partial charge in [-0.1, -0.05) is 18.2 Å². The predicted octanol–water partition coefficient (Wildman–Crippen LogP) is 0.947. The number of fused-ring (bicyclic) bond motifs is 1. The summed E-state index contributed by atoms with van der Waals surface area (Å²) in [4.78, 5) is 21.9. The molecule has 0 radical (unpaired) electrons. The normalized spacial score (nSPS) is 19.1. The summed E-state index contributed by atoms with van der Waals surface area (Å²) in [6.07, 6.45) is 0. The van der Waals surface area contributed by atoms with E-state index in [9.17, 15) is 9.59 Å². The van der Waals surface area contributed by atoms with Crippen LogP contribution in [0.3, 0.4) is 0 Å². The Kier molecular flexibility index (Phi) is 1.85. The van der Waals surface area contributed by atoms with E-state index in [-0.39, 0.29) is 0 Å². The second-order valence-corrected chi connectivity index (χ2v) is 2.96. The van der Waals surface area contributed by atoms with E-state index < -0.39 is 18.0 Å². The van der Waals surface area contributed by atoms with Crippen LogP contribution in [0.2, 0.25) is 0 Å². The first-order chi connectivity index (χ1) is 6.68. The van der Waals surface area contributed by atoms with E-state index in [1.54, 1.807) is 24.3 Å². The summed E-state index contributed by atoms with van der Waals surface area (Å²) < 4.78 is 0. The fraction of sp³-hybridized carbons (Fsp3) is 0.111. The molecule has 1 atom stereocenters. The highest BCUT2D eigenvalue weighted by Gasteiger charge is 2.28. The van der Waals surface area contributed by atoms with E-state index in [2.05, 4.69) is 10.6 Å². The summed E-state index contributed by atoms with van der Waals surface area (Å²) in [6.45, 7) is 0. The molecule has 1 aliphatic heterocycles. The van der Waals surface area contributed by atoms with Gasteiger partial charge < -0.3 is 15.7 Å². The molecule has 2 rings (SSSR count). The van der Waals surface area contributed by atoms with Gasteiger partial charge in [-0.15, -0.1) is 0 Å². The number of carbonyl (C=O) groups is 2. The van der Waals surface area contributed by atoms with E-state index in [1.165, 1.54) is 0 Å². The van der Waals surface area contributed by atoms with Crippen molar-refractivity contribution in [2.24, 2.45) is 0 Å². The second-order valence-electron chi connectivity index (χ2n) is 2.96. The molecule has 0 saturated heterocycles. The molecule has 72 valence electrons. The van der Waals surface area contributed by atoms with Crippen molar-refractivity contribution in [3.8, 4) is 0 Å². The maximum absolute atomic E-state index is 11.1. The highest BCUT2D eigenvalue weighted by Crippen LogP contribution is 2.26. The van der Waals surface area contributed by atoms with E-state index in [4.69, 9.17) is 5.11 Å². The Morgan fingerprint density at radius 1 is 1.36 bits per heavy atom. The van der Waals surface area contributed by atoms with Gasteiger partial charge in [0.05, 0.1) is 0 Å². The molecular weight excluding hydrogens is 184 g/mol. The predicted molar refractivity (Wildman–Crippen MR) is 49.0 cm³/mol. The molecule has 0 spiro atoms. The van der Waals surface area contributed by atoms with Crippen molar-refractivity contribution in [1.29, 1.82) is 0 Å². The molecule has 0 aliphatic carbocycles. The zero-order valence-electron chi connectivity index (χ0n) is 7.15. The molecular formula is C9H8N2O3. The van der Waals surface area contributed by atoms with E-state index in [0.717, 1.165) is 0 Å². The Balaban J connectivity index is 2.48. The maximum Gasteiger partial charge on any atom is 0.331 e. The van der Waals surface area contributed by atoms with Gasteiger partial charge in [-0.3, -0.25) is 0 Å². The lowest BCUT2D eigenvalue weighted by molar-refractivity contribution is -0.139. The number of benzene rings is 1. The van der Waals surface area contributed by atoms with Crippen LogP contribution in [0.5, 0.6) is 0 Å². The van der Waals surface area contributed by atoms with Crippen molar-refractivity contribution in [1.82, 2.24) is 5.32 Å². The Hall–Kier alpha value is -2.04. The lowest BCUT2D eigenvalue weighted by atomic mass is 10.0. The molecule has 3 N–H and O–H groups in total. The largest absolute Gasteiger partial charge is 0.479 e. The molecule has 0 unspecified atom stereocenters. The van der Waals surface area contributed by atoms with Gasteiger partial charge in [0, 0.05) is 11.3 Å². The van der Waals surface area contributed by atoms with Gasteiger partial charge in [0.15, 0.2) is 6.04 Å². The third-order valence-electron chi connectivity index (χ3n) is 2.04. The molecule has 0 fully saturated rings. The van der Waals surface area contributed by atoms with Crippen LogP contribution >= 0.6 is 0 Å². The monoisotopic (exact) mass is 192 g/mol. The molecule has 1 aromatic rings. The van der Waals surface area contributed by atoms with Crippen molar-refractivity contribution < 1.29 is 14.7 Å². The first-order valence-electron chi connectivity index (χ1n) is 4.08. The molecule has 0 saturated carbocycles. The molecule has 1 heterocycles. The minimum atomic E-state index is -1.06. The topological polar surface area (TPSA) is 78.4 Å². The number of hydrogen-bond acceptors (Lipinski definition) is 2. The van der Waals surface area contributed by atoms with Crippen molar-refractivity contribution >= 4 is 17.7 Å². The SMILES string of the molecule is O=C1Nc2ccccc2[C@H](C(=O)O)N1. The van der Waals surface area contributed by atoms with Crippen LogP contribution in [0.1, 0.15) is 11.6 Å². The molecule has 0 bridgehead atoms. The van der Waals surface area contributed by atoms with Crippen molar-refractivity contribution in [3.05, 3.63) is 29.8 Å². The zero-order chi connectivity index (χ0) is 10.1. The standard InChI is InChI=1S/C9H8N2O3/c12-8(13)7-5-3-1-2-4-6(5)10-9(14)11-7/h1-4,7H,(H,12,13)(H2,10,11,14)/t7-/m1/s1. The average Bonchev–Trinajstić information content (AvgIpc) is 2.16. The van der Waals surface area contributed by atoms with Crippen LogP contribution in [0.25, 0.3) is 0 Å². The van der Waals surface area contributed by atoms with Crippen LogP contribution < -0.4 is 10.6 Å². The van der Waals surface area contributed by atoms with E-state index in [1.807, 2.05) is 0 Å². The van der Waals surface area contributed by atoms with Gasteiger partial charge in [-0.05, 0) is 6.07 Å². The van der Waals surface area contributed by atoms with Gasteiger partial charge in [-0.25, -0.2) is 9.59 Å². The molecule has 1 aromatic carbocycles. The number of para-hydroxylation sites is 1. The fourth-order valence-electron chi connectivity index (χ4n) is 1.42.